The molecule has 0 bridgehead atoms. The Bertz CT molecular complexity index is 570. The molecule has 0 radical (unpaired) electrons. The van der Waals surface area contributed by atoms with Crippen LogP contribution in [0.3, 0.4) is 0 Å². The predicted molar refractivity (Wildman–Crippen MR) is 65.2 cm³/mol. The molecule has 0 aliphatic carbocycles. The maximum absolute atomic E-state index is 13.2. The Morgan fingerprint density at radius 3 is 2.26 bits per heavy atom. The third-order valence-corrected chi connectivity index (χ3v) is 2.97. The van der Waals surface area contributed by atoms with E-state index in [0.29, 0.717) is 5.69 Å². The number of hydrogen-bond donors (Lipinski definition) is 1. The highest BCUT2D eigenvalue weighted by Gasteiger charge is 2.18. The largest absolute Gasteiger partial charge is 0.322 e. The fourth-order valence-electron chi connectivity index (χ4n) is 1.79. The molecule has 102 valence electrons. The van der Waals surface area contributed by atoms with Gasteiger partial charge in [0, 0.05) is 18.2 Å². The molecule has 0 saturated heterocycles. The van der Waals surface area contributed by atoms with E-state index < -0.39 is 17.5 Å². The van der Waals surface area contributed by atoms with E-state index in [2.05, 4.69) is 4.98 Å². The van der Waals surface area contributed by atoms with E-state index in [4.69, 9.17) is 5.73 Å². The molecule has 2 N–H and O–H groups in total. The maximum Gasteiger partial charge on any atom is 0.194 e. The molecule has 0 amide bonds. The zero-order valence-corrected chi connectivity index (χ0v) is 10.6. The average molecular weight is 269 g/mol. The highest BCUT2D eigenvalue weighted by molar-refractivity contribution is 5.36. The summed E-state index contributed by atoms with van der Waals surface area (Å²) in [6, 6.07) is 1.49. The smallest absolute Gasteiger partial charge is 0.194 e. The van der Waals surface area contributed by atoms with Crippen LogP contribution in [0.2, 0.25) is 0 Å². The van der Waals surface area contributed by atoms with Gasteiger partial charge in [-0.25, -0.2) is 18.2 Å². The second-order valence-electron chi connectivity index (χ2n) is 4.68. The first-order valence-electron chi connectivity index (χ1n) is 5.84. The number of hydrogen-bond acceptors (Lipinski definition) is 2. The molecule has 1 atom stereocenters. The van der Waals surface area contributed by atoms with Crippen molar-refractivity contribution in [1.29, 1.82) is 0 Å². The third kappa shape index (κ3) is 2.49. The Balaban J connectivity index is 2.52. The number of imidazole rings is 1. The molecule has 1 unspecified atom stereocenters. The zero-order chi connectivity index (χ0) is 14.2. The van der Waals surface area contributed by atoms with Crippen molar-refractivity contribution in [1.82, 2.24) is 9.55 Å². The topological polar surface area (TPSA) is 43.8 Å². The van der Waals surface area contributed by atoms with E-state index in [9.17, 15) is 13.2 Å². The summed E-state index contributed by atoms with van der Waals surface area (Å²) in [6.07, 6.45) is 2.92. The summed E-state index contributed by atoms with van der Waals surface area (Å²) in [7, 11) is 0. The maximum atomic E-state index is 13.2. The lowest BCUT2D eigenvalue weighted by molar-refractivity contribution is 0.445. The molecule has 2 rings (SSSR count). The van der Waals surface area contributed by atoms with Crippen molar-refractivity contribution in [2.75, 3.05) is 0 Å². The Kier molecular flexibility index (Phi) is 3.61. The Morgan fingerprint density at radius 2 is 1.74 bits per heavy atom. The lowest BCUT2D eigenvalue weighted by Crippen LogP contribution is -2.20. The van der Waals surface area contributed by atoms with Gasteiger partial charge in [-0.3, -0.25) is 0 Å². The van der Waals surface area contributed by atoms with Gasteiger partial charge in [0.25, 0.3) is 0 Å². The lowest BCUT2D eigenvalue weighted by Gasteiger charge is -2.18. The first kappa shape index (κ1) is 13.6. The van der Waals surface area contributed by atoms with Crippen LogP contribution in [-0.2, 0) is 0 Å². The van der Waals surface area contributed by atoms with Crippen molar-refractivity contribution >= 4 is 0 Å². The molecular formula is C13H14F3N3. The summed E-state index contributed by atoms with van der Waals surface area (Å²) in [5.41, 5.74) is 6.77. The van der Waals surface area contributed by atoms with Crippen LogP contribution >= 0.6 is 0 Å². The van der Waals surface area contributed by atoms with Crippen LogP contribution in [0.15, 0.2) is 24.7 Å². The summed E-state index contributed by atoms with van der Waals surface area (Å²) < 4.78 is 40.9. The number of benzene rings is 1. The fraction of sp³-hybridized carbons (Fsp3) is 0.308. The Hall–Kier alpha value is -1.82. The summed E-state index contributed by atoms with van der Waals surface area (Å²) in [5.74, 6) is -3.84. The van der Waals surface area contributed by atoms with Crippen LogP contribution in [0.25, 0.3) is 5.69 Å². The summed E-state index contributed by atoms with van der Waals surface area (Å²) in [5, 5.41) is 0. The number of nitrogens with zero attached hydrogens (tertiary/aromatic N) is 2. The standard InChI is InChI=1S/C13H14F3N3/c1-7(2)13(17)11-5-18-6-19(11)8-3-9(14)12(16)10(15)4-8/h3-7,13H,17H2,1-2H3. The molecule has 3 nitrogen and oxygen atoms in total. The van der Waals surface area contributed by atoms with Gasteiger partial charge >= 0.3 is 0 Å². The first-order chi connectivity index (χ1) is 8.91. The molecule has 1 aromatic heterocycles. The van der Waals surface area contributed by atoms with E-state index in [-0.39, 0.29) is 17.6 Å². The average Bonchev–Trinajstić information content (AvgIpc) is 2.83. The fourth-order valence-corrected chi connectivity index (χ4v) is 1.79. The second-order valence-corrected chi connectivity index (χ2v) is 4.68. The van der Waals surface area contributed by atoms with E-state index in [1.807, 2.05) is 13.8 Å². The number of halogens is 3. The van der Waals surface area contributed by atoms with Crippen LogP contribution in [0.4, 0.5) is 13.2 Å². The lowest BCUT2D eigenvalue weighted by atomic mass is 10.0. The van der Waals surface area contributed by atoms with Crippen LogP contribution in [-0.4, -0.2) is 9.55 Å². The highest BCUT2D eigenvalue weighted by Crippen LogP contribution is 2.23. The normalized spacial score (nSPS) is 13.0. The SMILES string of the molecule is CC(C)C(N)c1cncn1-c1cc(F)c(F)c(F)c1. The summed E-state index contributed by atoms with van der Waals surface area (Å²) >= 11 is 0. The van der Waals surface area contributed by atoms with Crippen molar-refractivity contribution in [3.63, 3.8) is 0 Å². The number of rotatable bonds is 3. The van der Waals surface area contributed by atoms with Gasteiger partial charge in [-0.1, -0.05) is 13.8 Å². The molecule has 0 saturated carbocycles. The van der Waals surface area contributed by atoms with Gasteiger partial charge in [0.15, 0.2) is 17.5 Å². The van der Waals surface area contributed by atoms with Gasteiger partial charge < -0.3 is 10.3 Å². The van der Waals surface area contributed by atoms with Crippen LogP contribution in [0, 0.1) is 23.4 Å². The van der Waals surface area contributed by atoms with Crippen molar-refractivity contribution in [2.45, 2.75) is 19.9 Å². The van der Waals surface area contributed by atoms with Gasteiger partial charge in [0.05, 0.1) is 23.9 Å². The van der Waals surface area contributed by atoms with E-state index in [0.717, 1.165) is 12.1 Å². The van der Waals surface area contributed by atoms with Gasteiger partial charge in [0.1, 0.15) is 0 Å². The molecule has 19 heavy (non-hydrogen) atoms. The third-order valence-electron chi connectivity index (χ3n) is 2.97. The van der Waals surface area contributed by atoms with Crippen molar-refractivity contribution < 1.29 is 13.2 Å². The van der Waals surface area contributed by atoms with Crippen LogP contribution < -0.4 is 5.73 Å². The summed E-state index contributed by atoms with van der Waals surface area (Å²) in [4.78, 5) is 3.93. The van der Waals surface area contributed by atoms with Gasteiger partial charge in [-0.05, 0) is 5.92 Å². The number of aromatic nitrogens is 2. The quantitative estimate of drug-likeness (QED) is 0.871. The van der Waals surface area contributed by atoms with E-state index >= 15 is 0 Å². The van der Waals surface area contributed by atoms with Gasteiger partial charge in [-0.2, -0.15) is 0 Å². The monoisotopic (exact) mass is 269 g/mol. The zero-order valence-electron chi connectivity index (χ0n) is 10.6. The molecular weight excluding hydrogens is 255 g/mol. The van der Waals surface area contributed by atoms with Crippen molar-refractivity contribution in [3.05, 3.63) is 47.8 Å². The Labute approximate surface area is 108 Å². The molecule has 1 heterocycles. The van der Waals surface area contributed by atoms with Crippen molar-refractivity contribution in [2.24, 2.45) is 11.7 Å². The van der Waals surface area contributed by atoms with Crippen molar-refractivity contribution in [3.8, 4) is 5.69 Å². The Morgan fingerprint density at radius 1 is 1.16 bits per heavy atom. The molecule has 0 fully saturated rings. The van der Waals surface area contributed by atoms with E-state index in [1.165, 1.54) is 17.1 Å². The van der Waals surface area contributed by atoms with Gasteiger partial charge in [-0.15, -0.1) is 0 Å². The van der Waals surface area contributed by atoms with Crippen LogP contribution in [0.1, 0.15) is 25.6 Å². The highest BCUT2D eigenvalue weighted by atomic mass is 19.2. The minimum Gasteiger partial charge on any atom is -0.322 e. The first-order valence-corrected chi connectivity index (χ1v) is 5.84. The minimum atomic E-state index is -1.49. The predicted octanol–water partition coefficient (Wildman–Crippen LogP) is 2.95. The summed E-state index contributed by atoms with van der Waals surface area (Å²) in [6.45, 7) is 3.85. The number of nitrogens with two attached hydrogens (primary N) is 1. The molecule has 0 spiro atoms. The minimum absolute atomic E-state index is 0.130. The van der Waals surface area contributed by atoms with Crippen LogP contribution in [0.5, 0.6) is 0 Å². The molecule has 0 aliphatic heterocycles. The second kappa shape index (κ2) is 5.05. The van der Waals surface area contributed by atoms with Gasteiger partial charge in [0.2, 0.25) is 0 Å². The molecule has 2 aromatic rings. The molecule has 0 aliphatic rings. The van der Waals surface area contributed by atoms with E-state index in [1.54, 1.807) is 0 Å². The molecule has 1 aromatic carbocycles. The molecule has 6 heteroatoms.